The number of Topliss-reactive ketones (excluding diaryl/α,β-unsaturated/α-hetero) is 1. The fourth-order valence-corrected chi connectivity index (χ4v) is 5.33. The van der Waals surface area contributed by atoms with Gasteiger partial charge in [-0.25, -0.2) is 0 Å². The minimum absolute atomic E-state index is 0.241. The first-order valence-electron chi connectivity index (χ1n) is 7.34. The second kappa shape index (κ2) is 3.09. The molecule has 2 aliphatic carbocycles. The number of ketones is 1. The van der Waals surface area contributed by atoms with Crippen molar-refractivity contribution in [3.63, 3.8) is 0 Å². The van der Waals surface area contributed by atoms with Crippen molar-refractivity contribution in [1.82, 2.24) is 0 Å². The summed E-state index contributed by atoms with van der Waals surface area (Å²) in [6.07, 6.45) is 5.63. The summed E-state index contributed by atoms with van der Waals surface area (Å²) in [4.78, 5) is 12.1. The molecule has 0 aromatic carbocycles. The van der Waals surface area contributed by atoms with Gasteiger partial charge in [-0.05, 0) is 55.4 Å². The molecule has 4 atom stereocenters. The maximum Gasteiger partial charge on any atom is 0.162 e. The third-order valence-corrected chi connectivity index (χ3v) is 5.73. The van der Waals surface area contributed by atoms with Gasteiger partial charge in [0.2, 0.25) is 0 Å². The molecule has 2 heterocycles. The first-order chi connectivity index (χ1) is 8.40. The van der Waals surface area contributed by atoms with E-state index in [0.717, 1.165) is 30.8 Å². The van der Waals surface area contributed by atoms with Crippen molar-refractivity contribution >= 4 is 5.78 Å². The van der Waals surface area contributed by atoms with Crippen LogP contribution >= 0.6 is 0 Å². The molecular formula is C16H22O2. The average molecular weight is 246 g/mol. The highest BCUT2D eigenvalue weighted by atomic mass is 16.5. The van der Waals surface area contributed by atoms with Gasteiger partial charge < -0.3 is 4.74 Å². The molecule has 0 amide bonds. The minimum atomic E-state index is -0.241. The van der Waals surface area contributed by atoms with E-state index in [4.69, 9.17) is 4.74 Å². The zero-order valence-electron chi connectivity index (χ0n) is 11.6. The standard InChI is InChI=1S/C16H22O2/c1-15(2)6-9-7-16(3)13-10(4-5-12(13)17)14(18-16)11(9)8-15/h9,11,14H,4-8H2,1-3H3/t9-,11-,14-,16-/m1/s1. The summed E-state index contributed by atoms with van der Waals surface area (Å²) in [5.41, 5.74) is 2.69. The van der Waals surface area contributed by atoms with Crippen molar-refractivity contribution in [2.75, 3.05) is 0 Å². The average Bonchev–Trinajstić information content (AvgIpc) is 2.82. The number of fused-ring (bicyclic) bond motifs is 6. The highest BCUT2D eigenvalue weighted by Crippen LogP contribution is 2.61. The molecule has 2 heteroatoms. The molecule has 0 spiro atoms. The van der Waals surface area contributed by atoms with Gasteiger partial charge in [0.05, 0.1) is 11.7 Å². The van der Waals surface area contributed by atoms with Crippen LogP contribution in [-0.2, 0) is 9.53 Å². The molecule has 2 aliphatic heterocycles. The molecule has 98 valence electrons. The SMILES string of the molecule is CC1(C)C[C@@H]2C[C@@]3(C)O[C@H](C4=C3C(=O)CC4)[C@@H]2C1. The van der Waals surface area contributed by atoms with E-state index in [1.807, 2.05) is 0 Å². The Morgan fingerprint density at radius 3 is 2.67 bits per heavy atom. The quantitative estimate of drug-likeness (QED) is 0.656. The monoisotopic (exact) mass is 246 g/mol. The molecule has 0 aromatic rings. The van der Waals surface area contributed by atoms with Crippen LogP contribution in [0, 0.1) is 17.3 Å². The Bertz CT molecular complexity index is 473. The Kier molecular flexibility index (Phi) is 1.93. The molecule has 2 fully saturated rings. The predicted octanol–water partition coefficient (Wildman–Crippen LogP) is 3.26. The number of ether oxygens (including phenoxy) is 1. The van der Waals surface area contributed by atoms with Crippen LogP contribution in [0.2, 0.25) is 0 Å². The third kappa shape index (κ3) is 1.25. The lowest BCUT2D eigenvalue weighted by Crippen LogP contribution is -2.43. The van der Waals surface area contributed by atoms with Gasteiger partial charge in [0.15, 0.2) is 5.78 Å². The van der Waals surface area contributed by atoms with Gasteiger partial charge in [0, 0.05) is 12.0 Å². The molecule has 1 saturated carbocycles. The molecule has 4 rings (SSSR count). The zero-order valence-corrected chi connectivity index (χ0v) is 11.6. The highest BCUT2D eigenvalue weighted by Gasteiger charge is 2.59. The van der Waals surface area contributed by atoms with Crippen LogP contribution in [0.25, 0.3) is 0 Å². The van der Waals surface area contributed by atoms with Gasteiger partial charge in [-0.1, -0.05) is 13.8 Å². The van der Waals surface area contributed by atoms with Crippen molar-refractivity contribution in [2.45, 2.75) is 64.6 Å². The molecule has 18 heavy (non-hydrogen) atoms. The van der Waals surface area contributed by atoms with Gasteiger partial charge in [-0.15, -0.1) is 0 Å². The zero-order chi connectivity index (χ0) is 12.7. The molecule has 4 aliphatic rings. The van der Waals surface area contributed by atoms with Crippen LogP contribution in [0.3, 0.4) is 0 Å². The Balaban J connectivity index is 1.77. The lowest BCUT2D eigenvalue weighted by atomic mass is 9.79. The summed E-state index contributed by atoms with van der Waals surface area (Å²) >= 11 is 0. The Labute approximate surface area is 109 Å². The molecule has 2 bridgehead atoms. The Morgan fingerprint density at radius 2 is 1.89 bits per heavy atom. The molecule has 0 unspecified atom stereocenters. The van der Waals surface area contributed by atoms with Crippen molar-refractivity contribution < 1.29 is 9.53 Å². The van der Waals surface area contributed by atoms with E-state index in [0.29, 0.717) is 17.1 Å². The first kappa shape index (κ1) is 11.2. The van der Waals surface area contributed by atoms with Crippen LogP contribution in [0.5, 0.6) is 0 Å². The summed E-state index contributed by atoms with van der Waals surface area (Å²) in [5, 5.41) is 0. The third-order valence-electron chi connectivity index (χ3n) is 5.73. The molecule has 0 N–H and O–H groups in total. The molecule has 1 saturated heterocycles. The normalized spacial score (nSPS) is 48.6. The van der Waals surface area contributed by atoms with Gasteiger partial charge in [-0.2, -0.15) is 0 Å². The van der Waals surface area contributed by atoms with Crippen molar-refractivity contribution in [1.29, 1.82) is 0 Å². The van der Waals surface area contributed by atoms with E-state index in [2.05, 4.69) is 20.8 Å². The molecule has 0 radical (unpaired) electrons. The summed E-state index contributed by atoms with van der Waals surface area (Å²) < 4.78 is 6.33. The maximum atomic E-state index is 12.1. The number of rotatable bonds is 0. The van der Waals surface area contributed by atoms with Crippen LogP contribution < -0.4 is 0 Å². The van der Waals surface area contributed by atoms with Crippen molar-refractivity contribution in [2.24, 2.45) is 17.3 Å². The largest absolute Gasteiger partial charge is 0.363 e. The van der Waals surface area contributed by atoms with Crippen molar-refractivity contribution in [3.8, 4) is 0 Å². The van der Waals surface area contributed by atoms with Crippen molar-refractivity contribution in [3.05, 3.63) is 11.1 Å². The van der Waals surface area contributed by atoms with Gasteiger partial charge >= 0.3 is 0 Å². The maximum absolute atomic E-state index is 12.1. The second-order valence-corrected chi connectivity index (χ2v) is 7.79. The molecular weight excluding hydrogens is 224 g/mol. The summed E-state index contributed by atoms with van der Waals surface area (Å²) in [7, 11) is 0. The van der Waals surface area contributed by atoms with Crippen LogP contribution in [0.4, 0.5) is 0 Å². The number of hydrogen-bond acceptors (Lipinski definition) is 2. The Hall–Kier alpha value is -0.630. The van der Waals surface area contributed by atoms with E-state index in [9.17, 15) is 4.79 Å². The molecule has 0 aromatic heterocycles. The lowest BCUT2D eigenvalue weighted by Gasteiger charge is -2.40. The van der Waals surface area contributed by atoms with Gasteiger partial charge in [-0.3, -0.25) is 4.79 Å². The Morgan fingerprint density at radius 1 is 1.11 bits per heavy atom. The summed E-state index contributed by atoms with van der Waals surface area (Å²) in [6, 6.07) is 0. The second-order valence-electron chi connectivity index (χ2n) is 7.79. The fourth-order valence-electron chi connectivity index (χ4n) is 5.33. The van der Waals surface area contributed by atoms with E-state index < -0.39 is 0 Å². The number of carbonyl (C=O) groups excluding carboxylic acids is 1. The van der Waals surface area contributed by atoms with Crippen LogP contribution in [0.1, 0.15) is 52.9 Å². The van der Waals surface area contributed by atoms with Gasteiger partial charge in [0.25, 0.3) is 0 Å². The van der Waals surface area contributed by atoms with E-state index in [-0.39, 0.29) is 11.7 Å². The smallest absolute Gasteiger partial charge is 0.162 e. The predicted molar refractivity (Wildman–Crippen MR) is 69.2 cm³/mol. The number of carbonyl (C=O) groups is 1. The highest BCUT2D eigenvalue weighted by molar-refractivity contribution is 6.01. The van der Waals surface area contributed by atoms with E-state index in [1.165, 1.54) is 18.4 Å². The first-order valence-corrected chi connectivity index (χ1v) is 7.34. The van der Waals surface area contributed by atoms with Crippen LogP contribution in [-0.4, -0.2) is 17.5 Å². The molecule has 2 nitrogen and oxygen atoms in total. The summed E-state index contributed by atoms with van der Waals surface area (Å²) in [5.74, 6) is 1.81. The van der Waals surface area contributed by atoms with Gasteiger partial charge in [0.1, 0.15) is 0 Å². The summed E-state index contributed by atoms with van der Waals surface area (Å²) in [6.45, 7) is 6.93. The number of hydrogen-bond donors (Lipinski definition) is 0. The minimum Gasteiger partial charge on any atom is -0.363 e. The van der Waals surface area contributed by atoms with Crippen LogP contribution in [0.15, 0.2) is 11.1 Å². The van der Waals surface area contributed by atoms with E-state index >= 15 is 0 Å². The topological polar surface area (TPSA) is 26.3 Å². The fraction of sp³-hybridized carbons (Fsp3) is 0.812. The van der Waals surface area contributed by atoms with E-state index in [1.54, 1.807) is 0 Å². The lowest BCUT2D eigenvalue weighted by molar-refractivity contribution is -0.126.